The molecule has 0 aliphatic heterocycles. The Morgan fingerprint density at radius 3 is 2.82 bits per heavy atom. The summed E-state index contributed by atoms with van der Waals surface area (Å²) >= 11 is 0. The van der Waals surface area contributed by atoms with Gasteiger partial charge in [-0.3, -0.25) is 0 Å². The second-order valence-electron chi connectivity index (χ2n) is 8.64. The predicted octanol–water partition coefficient (Wildman–Crippen LogP) is 5.03. The van der Waals surface area contributed by atoms with Gasteiger partial charge < -0.3 is 5.11 Å². The Kier molecular flexibility index (Phi) is 3.24. The first-order valence-electron chi connectivity index (χ1n) is 9.21. The van der Waals surface area contributed by atoms with E-state index < -0.39 is 0 Å². The number of hydrogen-bond acceptors (Lipinski definition) is 1. The average molecular weight is 298 g/mol. The highest BCUT2D eigenvalue weighted by atomic mass is 16.3. The van der Waals surface area contributed by atoms with Crippen LogP contribution in [0.1, 0.15) is 58.8 Å². The van der Waals surface area contributed by atoms with Crippen molar-refractivity contribution in [2.24, 2.45) is 28.6 Å². The second-order valence-corrected chi connectivity index (χ2v) is 8.64. The molecule has 0 bridgehead atoms. The lowest BCUT2D eigenvalue weighted by Crippen LogP contribution is -2.50. The molecule has 0 radical (unpaired) electrons. The van der Waals surface area contributed by atoms with Crippen LogP contribution in [0.15, 0.2) is 36.0 Å². The average Bonchev–Trinajstić information content (AvgIpc) is 2.82. The second kappa shape index (κ2) is 4.84. The molecular formula is C21H30O. The third kappa shape index (κ3) is 1.75. The number of allylic oxidation sites excluding steroid dienone is 5. The van der Waals surface area contributed by atoms with Gasteiger partial charge in [-0.1, -0.05) is 30.7 Å². The van der Waals surface area contributed by atoms with Gasteiger partial charge in [0.25, 0.3) is 0 Å². The highest BCUT2D eigenvalue weighted by Crippen LogP contribution is 2.64. The fourth-order valence-corrected chi connectivity index (χ4v) is 6.53. The largest absolute Gasteiger partial charge is 0.393 e. The molecule has 1 N–H and O–H groups in total. The van der Waals surface area contributed by atoms with Crippen LogP contribution in [-0.4, -0.2) is 11.2 Å². The number of hydrogen-bond donors (Lipinski definition) is 1. The zero-order valence-corrected chi connectivity index (χ0v) is 14.1. The van der Waals surface area contributed by atoms with E-state index in [0.717, 1.165) is 18.3 Å². The predicted molar refractivity (Wildman–Crippen MR) is 91.4 cm³/mol. The molecule has 4 aliphatic carbocycles. The highest BCUT2D eigenvalue weighted by Gasteiger charge is 2.58. The van der Waals surface area contributed by atoms with Crippen molar-refractivity contribution in [3.63, 3.8) is 0 Å². The molecular weight excluding hydrogens is 268 g/mol. The van der Waals surface area contributed by atoms with E-state index in [1.807, 2.05) is 0 Å². The molecule has 0 aromatic carbocycles. The molecule has 0 aromatic heterocycles. The molecule has 0 saturated heterocycles. The minimum Gasteiger partial charge on any atom is -0.393 e. The van der Waals surface area contributed by atoms with E-state index in [2.05, 4.69) is 38.7 Å². The van der Waals surface area contributed by atoms with E-state index in [-0.39, 0.29) is 16.9 Å². The van der Waals surface area contributed by atoms with E-state index in [9.17, 15) is 5.11 Å². The van der Waals surface area contributed by atoms with Gasteiger partial charge in [-0.15, -0.1) is 6.58 Å². The van der Waals surface area contributed by atoms with Crippen LogP contribution in [0.25, 0.3) is 0 Å². The summed E-state index contributed by atoms with van der Waals surface area (Å²) in [6, 6.07) is 0. The Morgan fingerprint density at radius 2 is 2.05 bits per heavy atom. The number of aliphatic hydroxyl groups is 1. The summed E-state index contributed by atoms with van der Waals surface area (Å²) in [5, 5.41) is 10.5. The summed E-state index contributed by atoms with van der Waals surface area (Å²) in [6.45, 7) is 8.90. The summed E-state index contributed by atoms with van der Waals surface area (Å²) in [5.41, 5.74) is 3.47. The van der Waals surface area contributed by atoms with Crippen LogP contribution in [0.5, 0.6) is 0 Å². The van der Waals surface area contributed by atoms with Crippen LogP contribution in [0.2, 0.25) is 0 Å². The molecule has 3 unspecified atom stereocenters. The molecule has 1 nitrogen and oxygen atoms in total. The molecule has 4 rings (SSSR count). The van der Waals surface area contributed by atoms with Gasteiger partial charge in [-0.25, -0.2) is 0 Å². The van der Waals surface area contributed by atoms with Crippen LogP contribution in [-0.2, 0) is 0 Å². The molecule has 0 amide bonds. The molecule has 120 valence electrons. The van der Waals surface area contributed by atoms with Crippen molar-refractivity contribution in [1.29, 1.82) is 0 Å². The first kappa shape index (κ1) is 14.8. The van der Waals surface area contributed by atoms with Crippen LogP contribution in [0, 0.1) is 28.6 Å². The van der Waals surface area contributed by atoms with Gasteiger partial charge >= 0.3 is 0 Å². The molecule has 0 spiro atoms. The van der Waals surface area contributed by atoms with Crippen LogP contribution >= 0.6 is 0 Å². The van der Waals surface area contributed by atoms with Gasteiger partial charge in [-0.05, 0) is 80.6 Å². The van der Waals surface area contributed by atoms with Crippen molar-refractivity contribution in [2.45, 2.75) is 64.9 Å². The molecule has 2 saturated carbocycles. The third-order valence-corrected chi connectivity index (χ3v) is 7.90. The molecule has 22 heavy (non-hydrogen) atoms. The third-order valence-electron chi connectivity index (χ3n) is 7.90. The first-order valence-corrected chi connectivity index (χ1v) is 9.21. The summed E-state index contributed by atoms with van der Waals surface area (Å²) in [6.07, 6.45) is 15.6. The first-order chi connectivity index (χ1) is 10.5. The standard InChI is InChI=1S/C21H30O/c1-4-21-12-9-14(2)13-15(21)5-6-16-17-7-8-19(22)20(17,3)11-10-18(16)21/h4-5,13,16-19,22H,1,6-12H2,2-3H3/t16?,17?,18?,19-,20-,21-/m0/s1. The minimum absolute atomic E-state index is 0.0722. The zero-order chi connectivity index (χ0) is 15.5. The molecule has 0 aromatic rings. The number of fused-ring (bicyclic) bond motifs is 5. The summed E-state index contributed by atoms with van der Waals surface area (Å²) in [5.74, 6) is 2.21. The lowest BCUT2D eigenvalue weighted by atomic mass is 9.48. The Hall–Kier alpha value is -0.820. The van der Waals surface area contributed by atoms with Gasteiger partial charge in [0, 0.05) is 5.41 Å². The van der Waals surface area contributed by atoms with E-state index in [0.29, 0.717) is 5.92 Å². The van der Waals surface area contributed by atoms with Crippen molar-refractivity contribution >= 4 is 0 Å². The van der Waals surface area contributed by atoms with Gasteiger partial charge in [0.1, 0.15) is 0 Å². The SMILES string of the molecule is C=C[C@]12CCC(C)=CC1=CCC1C2CC[C@@]2(C)C1CC[C@@H]2O. The fraction of sp³-hybridized carbons (Fsp3) is 0.714. The van der Waals surface area contributed by atoms with Crippen molar-refractivity contribution in [3.05, 3.63) is 36.0 Å². The van der Waals surface area contributed by atoms with E-state index in [1.165, 1.54) is 44.1 Å². The maximum Gasteiger partial charge on any atom is 0.0596 e. The quantitative estimate of drug-likeness (QED) is 0.673. The van der Waals surface area contributed by atoms with Crippen LogP contribution < -0.4 is 0 Å². The van der Waals surface area contributed by atoms with E-state index >= 15 is 0 Å². The molecule has 4 aliphatic rings. The maximum atomic E-state index is 10.5. The Morgan fingerprint density at radius 1 is 1.23 bits per heavy atom. The fourth-order valence-electron chi connectivity index (χ4n) is 6.53. The lowest BCUT2D eigenvalue weighted by molar-refractivity contribution is -0.0569. The van der Waals surface area contributed by atoms with Gasteiger partial charge in [0.05, 0.1) is 6.10 Å². The maximum absolute atomic E-state index is 10.5. The van der Waals surface area contributed by atoms with Crippen molar-refractivity contribution in [3.8, 4) is 0 Å². The van der Waals surface area contributed by atoms with Crippen molar-refractivity contribution in [2.75, 3.05) is 0 Å². The molecule has 6 atom stereocenters. The smallest absolute Gasteiger partial charge is 0.0596 e. The van der Waals surface area contributed by atoms with E-state index in [1.54, 1.807) is 5.57 Å². The Bertz CT molecular complexity index is 556. The Labute approximate surface area is 135 Å². The normalized spacial score (nSPS) is 50.3. The van der Waals surface area contributed by atoms with Gasteiger partial charge in [0.15, 0.2) is 0 Å². The zero-order valence-electron chi connectivity index (χ0n) is 14.1. The van der Waals surface area contributed by atoms with Crippen LogP contribution in [0.4, 0.5) is 0 Å². The summed E-state index contributed by atoms with van der Waals surface area (Å²) in [7, 11) is 0. The number of aliphatic hydroxyl groups excluding tert-OH is 1. The number of rotatable bonds is 1. The lowest BCUT2D eigenvalue weighted by Gasteiger charge is -2.56. The van der Waals surface area contributed by atoms with Crippen LogP contribution in [0.3, 0.4) is 0 Å². The summed E-state index contributed by atoms with van der Waals surface area (Å²) < 4.78 is 0. The topological polar surface area (TPSA) is 20.2 Å². The van der Waals surface area contributed by atoms with Gasteiger partial charge in [-0.2, -0.15) is 0 Å². The van der Waals surface area contributed by atoms with E-state index in [4.69, 9.17) is 0 Å². The molecule has 2 fully saturated rings. The van der Waals surface area contributed by atoms with Crippen molar-refractivity contribution < 1.29 is 5.11 Å². The van der Waals surface area contributed by atoms with Gasteiger partial charge in [0.2, 0.25) is 0 Å². The molecule has 0 heterocycles. The minimum atomic E-state index is -0.0722. The molecule has 1 heteroatoms. The Balaban J connectivity index is 1.75. The van der Waals surface area contributed by atoms with Crippen molar-refractivity contribution in [1.82, 2.24) is 0 Å². The monoisotopic (exact) mass is 298 g/mol. The highest BCUT2D eigenvalue weighted by molar-refractivity contribution is 5.40. The summed E-state index contributed by atoms with van der Waals surface area (Å²) in [4.78, 5) is 0.